The molecule has 0 spiro atoms. The molecule has 25 heavy (non-hydrogen) atoms. The average molecular weight is 432 g/mol. The largest absolute Gasteiger partial charge is 0.444 e. The van der Waals surface area contributed by atoms with Gasteiger partial charge in [0.25, 0.3) is 0 Å². The van der Waals surface area contributed by atoms with Gasteiger partial charge < -0.3 is 9.64 Å². The number of carbonyl (C=O) groups is 1. The highest BCUT2D eigenvalue weighted by atomic mass is 79.9. The van der Waals surface area contributed by atoms with E-state index in [2.05, 4.69) is 15.9 Å². The van der Waals surface area contributed by atoms with Crippen LogP contribution in [0.25, 0.3) is 0 Å². The quantitative estimate of drug-likeness (QED) is 0.721. The van der Waals surface area contributed by atoms with Gasteiger partial charge in [0.15, 0.2) is 9.84 Å². The summed E-state index contributed by atoms with van der Waals surface area (Å²) < 4.78 is 31.2. The van der Waals surface area contributed by atoms with E-state index in [1.807, 2.05) is 45.0 Å². The van der Waals surface area contributed by atoms with Gasteiger partial charge in [-0.05, 0) is 57.2 Å². The van der Waals surface area contributed by atoms with Crippen molar-refractivity contribution in [1.82, 2.24) is 4.90 Å². The predicted octanol–water partition coefficient (Wildman–Crippen LogP) is 4.01. The minimum absolute atomic E-state index is 0.0621. The molecule has 7 heteroatoms. The molecule has 1 fully saturated rings. The zero-order chi connectivity index (χ0) is 18.7. The molecule has 0 atom stereocenters. The number of hydrogen-bond acceptors (Lipinski definition) is 4. The third-order valence-corrected chi connectivity index (χ3v) is 6.34. The lowest BCUT2D eigenvalue weighted by atomic mass is 9.99. The van der Waals surface area contributed by atoms with E-state index < -0.39 is 15.4 Å². The Morgan fingerprint density at radius 2 is 1.76 bits per heavy atom. The number of piperidine rings is 1. The summed E-state index contributed by atoms with van der Waals surface area (Å²) in [5, 5.41) is 0. The van der Waals surface area contributed by atoms with Crippen LogP contribution in [0.5, 0.6) is 0 Å². The Hall–Kier alpha value is -1.08. The van der Waals surface area contributed by atoms with E-state index >= 15 is 0 Å². The molecular weight excluding hydrogens is 406 g/mol. The van der Waals surface area contributed by atoms with Crippen LogP contribution in [-0.4, -0.2) is 43.9 Å². The monoisotopic (exact) mass is 431 g/mol. The Morgan fingerprint density at radius 3 is 2.28 bits per heavy atom. The first-order valence-corrected chi connectivity index (χ1v) is 11.1. The second-order valence-electron chi connectivity index (χ2n) is 7.59. The molecule has 0 saturated carbocycles. The summed E-state index contributed by atoms with van der Waals surface area (Å²) in [6.07, 6.45) is 1.07. The van der Waals surface area contributed by atoms with Gasteiger partial charge in [0.2, 0.25) is 0 Å². The number of sulfone groups is 1. The fourth-order valence-electron chi connectivity index (χ4n) is 2.86. The molecule has 0 aliphatic carbocycles. The molecule has 0 aromatic heterocycles. The number of halogens is 1. The Morgan fingerprint density at radius 1 is 1.20 bits per heavy atom. The molecule has 5 nitrogen and oxygen atoms in total. The number of rotatable bonds is 4. The molecule has 1 saturated heterocycles. The smallest absolute Gasteiger partial charge is 0.410 e. The van der Waals surface area contributed by atoms with Crippen molar-refractivity contribution < 1.29 is 17.9 Å². The SMILES string of the molecule is CC(C)(C)OC(=O)N1CCC(CS(=O)(=O)Cc2ccc(Br)cc2)CC1. The van der Waals surface area contributed by atoms with E-state index in [9.17, 15) is 13.2 Å². The maximum Gasteiger partial charge on any atom is 0.410 e. The summed E-state index contributed by atoms with van der Waals surface area (Å²) in [6.45, 7) is 6.62. The lowest BCUT2D eigenvalue weighted by Crippen LogP contribution is -2.42. The number of benzene rings is 1. The fourth-order valence-corrected chi connectivity index (χ4v) is 5.00. The number of amides is 1. The van der Waals surface area contributed by atoms with Gasteiger partial charge in [0.1, 0.15) is 5.60 Å². The van der Waals surface area contributed by atoms with Crippen LogP contribution in [0.4, 0.5) is 4.79 Å². The minimum atomic E-state index is -3.16. The Bertz CT molecular complexity index is 687. The molecule has 0 N–H and O–H groups in total. The van der Waals surface area contributed by atoms with Crippen LogP contribution >= 0.6 is 15.9 Å². The average Bonchev–Trinajstić information content (AvgIpc) is 2.48. The standard InChI is InChI=1S/C18H26BrNO4S/c1-18(2,3)24-17(21)20-10-8-15(9-11-20)13-25(22,23)12-14-4-6-16(19)7-5-14/h4-7,15H,8-13H2,1-3H3. The molecule has 140 valence electrons. The van der Waals surface area contributed by atoms with Crippen LogP contribution in [0.2, 0.25) is 0 Å². The summed E-state index contributed by atoms with van der Waals surface area (Å²) in [5.74, 6) is 0.330. The molecule has 1 aromatic carbocycles. The summed E-state index contributed by atoms with van der Waals surface area (Å²) in [6, 6.07) is 7.35. The van der Waals surface area contributed by atoms with Crippen molar-refractivity contribution >= 4 is 31.9 Å². The van der Waals surface area contributed by atoms with Crippen molar-refractivity contribution in [1.29, 1.82) is 0 Å². The van der Waals surface area contributed by atoms with Gasteiger partial charge in [-0.2, -0.15) is 0 Å². The lowest BCUT2D eigenvalue weighted by molar-refractivity contribution is 0.0191. The molecule has 2 rings (SSSR count). The van der Waals surface area contributed by atoms with E-state index in [1.54, 1.807) is 4.90 Å². The van der Waals surface area contributed by atoms with Gasteiger partial charge in [-0.3, -0.25) is 0 Å². The number of carbonyl (C=O) groups excluding carboxylic acids is 1. The fraction of sp³-hybridized carbons (Fsp3) is 0.611. The van der Waals surface area contributed by atoms with Crippen LogP contribution in [0, 0.1) is 5.92 Å². The maximum absolute atomic E-state index is 12.4. The summed E-state index contributed by atoms with van der Waals surface area (Å²) >= 11 is 3.35. The Labute approximate surface area is 158 Å². The third-order valence-electron chi connectivity index (χ3n) is 4.06. The van der Waals surface area contributed by atoms with E-state index in [4.69, 9.17) is 4.74 Å². The molecule has 0 radical (unpaired) electrons. The minimum Gasteiger partial charge on any atom is -0.444 e. The summed E-state index contributed by atoms with van der Waals surface area (Å²) in [5.41, 5.74) is 0.288. The van der Waals surface area contributed by atoms with Crippen molar-refractivity contribution in [3.8, 4) is 0 Å². The van der Waals surface area contributed by atoms with Crippen LogP contribution < -0.4 is 0 Å². The first-order valence-electron chi connectivity index (χ1n) is 8.47. The highest BCUT2D eigenvalue weighted by molar-refractivity contribution is 9.10. The molecule has 1 aliphatic rings. The number of hydrogen-bond donors (Lipinski definition) is 0. The predicted molar refractivity (Wildman–Crippen MR) is 102 cm³/mol. The molecule has 0 unspecified atom stereocenters. The molecule has 1 aromatic rings. The molecule has 1 aliphatic heterocycles. The highest BCUT2D eigenvalue weighted by Crippen LogP contribution is 2.23. The van der Waals surface area contributed by atoms with Crippen LogP contribution in [0.1, 0.15) is 39.2 Å². The second kappa shape index (κ2) is 8.08. The zero-order valence-electron chi connectivity index (χ0n) is 15.0. The first-order chi connectivity index (χ1) is 11.5. The van der Waals surface area contributed by atoms with Gasteiger partial charge in [-0.15, -0.1) is 0 Å². The van der Waals surface area contributed by atoms with Gasteiger partial charge >= 0.3 is 6.09 Å². The molecule has 1 heterocycles. The first kappa shape index (κ1) is 20.2. The van der Waals surface area contributed by atoms with Crippen molar-refractivity contribution in [3.63, 3.8) is 0 Å². The number of likely N-dealkylation sites (tertiary alicyclic amines) is 1. The van der Waals surface area contributed by atoms with Gasteiger partial charge in [0, 0.05) is 17.6 Å². The normalized spacial score (nSPS) is 16.7. The number of nitrogens with zero attached hydrogens (tertiary/aromatic N) is 1. The Balaban J connectivity index is 1.84. The van der Waals surface area contributed by atoms with Crippen LogP contribution in [0.15, 0.2) is 28.7 Å². The summed E-state index contributed by atoms with van der Waals surface area (Å²) in [4.78, 5) is 13.7. The van der Waals surface area contributed by atoms with Crippen LogP contribution in [0.3, 0.4) is 0 Å². The van der Waals surface area contributed by atoms with E-state index in [1.165, 1.54) is 0 Å². The van der Waals surface area contributed by atoms with Gasteiger partial charge in [0.05, 0.1) is 11.5 Å². The second-order valence-corrected chi connectivity index (χ2v) is 10.6. The lowest BCUT2D eigenvalue weighted by Gasteiger charge is -2.33. The topological polar surface area (TPSA) is 63.7 Å². The van der Waals surface area contributed by atoms with Crippen LogP contribution in [-0.2, 0) is 20.3 Å². The zero-order valence-corrected chi connectivity index (χ0v) is 17.4. The highest BCUT2D eigenvalue weighted by Gasteiger charge is 2.29. The third kappa shape index (κ3) is 6.98. The maximum atomic E-state index is 12.4. The van der Waals surface area contributed by atoms with Gasteiger partial charge in [-0.1, -0.05) is 28.1 Å². The van der Waals surface area contributed by atoms with Crippen molar-refractivity contribution in [2.45, 2.75) is 45.0 Å². The van der Waals surface area contributed by atoms with Gasteiger partial charge in [-0.25, -0.2) is 13.2 Å². The van der Waals surface area contributed by atoms with E-state index in [-0.39, 0.29) is 23.5 Å². The van der Waals surface area contributed by atoms with Crippen molar-refractivity contribution in [2.24, 2.45) is 5.92 Å². The van der Waals surface area contributed by atoms with E-state index in [0.29, 0.717) is 25.9 Å². The van der Waals surface area contributed by atoms with E-state index in [0.717, 1.165) is 10.0 Å². The number of ether oxygens (including phenoxy) is 1. The molecule has 0 bridgehead atoms. The van der Waals surface area contributed by atoms with Crippen molar-refractivity contribution in [3.05, 3.63) is 34.3 Å². The van der Waals surface area contributed by atoms with Crippen molar-refractivity contribution in [2.75, 3.05) is 18.8 Å². The molecule has 1 amide bonds. The molecular formula is C18H26BrNO4S. The summed E-state index contributed by atoms with van der Waals surface area (Å²) in [7, 11) is -3.16. The Kier molecular flexibility index (Phi) is 6.54.